The summed E-state index contributed by atoms with van der Waals surface area (Å²) < 4.78 is 10.7. The Morgan fingerprint density at radius 3 is 2.50 bits per heavy atom. The molecule has 2 heterocycles. The Morgan fingerprint density at radius 1 is 0.909 bits per heavy atom. The van der Waals surface area contributed by atoms with Gasteiger partial charge in [-0.05, 0) is 30.5 Å². The lowest BCUT2D eigenvalue weighted by atomic mass is 9.96. The highest BCUT2D eigenvalue weighted by Gasteiger charge is 2.15. The molecule has 0 unspecified atom stereocenters. The van der Waals surface area contributed by atoms with Crippen molar-refractivity contribution < 1.29 is 9.47 Å². The van der Waals surface area contributed by atoms with E-state index in [2.05, 4.69) is 15.3 Å². The van der Waals surface area contributed by atoms with Crippen LogP contribution in [-0.2, 0) is 0 Å². The minimum Gasteiger partial charge on any atom is -0.454 e. The fraction of sp³-hybridized carbons (Fsp3) is 0.412. The third kappa shape index (κ3) is 2.71. The summed E-state index contributed by atoms with van der Waals surface area (Å²) in [6, 6.07) is 6.41. The van der Waals surface area contributed by atoms with Gasteiger partial charge in [-0.25, -0.2) is 9.97 Å². The Bertz CT molecular complexity index is 651. The molecule has 1 aromatic carbocycles. The Hall–Kier alpha value is -2.30. The highest BCUT2D eigenvalue weighted by Crippen LogP contribution is 2.35. The van der Waals surface area contributed by atoms with Gasteiger partial charge in [0.25, 0.3) is 0 Å². The summed E-state index contributed by atoms with van der Waals surface area (Å²) in [4.78, 5) is 8.90. The largest absolute Gasteiger partial charge is 0.454 e. The molecule has 2 aliphatic rings. The van der Waals surface area contributed by atoms with Crippen molar-refractivity contribution in [3.63, 3.8) is 0 Å². The van der Waals surface area contributed by atoms with Crippen molar-refractivity contribution in [2.45, 2.75) is 38.1 Å². The Kier molecular flexibility index (Phi) is 3.54. The molecular weight excluding hydrogens is 278 g/mol. The van der Waals surface area contributed by atoms with Crippen LogP contribution in [0.1, 0.15) is 32.1 Å². The van der Waals surface area contributed by atoms with Crippen LogP contribution in [-0.4, -0.2) is 22.8 Å². The highest BCUT2D eigenvalue weighted by molar-refractivity contribution is 5.66. The van der Waals surface area contributed by atoms with Gasteiger partial charge < -0.3 is 14.8 Å². The van der Waals surface area contributed by atoms with E-state index in [4.69, 9.17) is 9.47 Å². The molecule has 0 atom stereocenters. The summed E-state index contributed by atoms with van der Waals surface area (Å²) in [7, 11) is 0. The Labute approximate surface area is 129 Å². The quantitative estimate of drug-likeness (QED) is 0.937. The lowest BCUT2D eigenvalue weighted by Crippen LogP contribution is -2.23. The number of hydrogen-bond donors (Lipinski definition) is 1. The summed E-state index contributed by atoms with van der Waals surface area (Å²) in [5, 5.41) is 3.43. The van der Waals surface area contributed by atoms with Crippen LogP contribution in [0, 0.1) is 0 Å². The maximum absolute atomic E-state index is 5.41. The molecule has 5 heteroatoms. The molecule has 5 nitrogen and oxygen atoms in total. The normalized spacial score (nSPS) is 17.5. The zero-order valence-corrected chi connectivity index (χ0v) is 12.4. The average molecular weight is 297 g/mol. The molecule has 0 spiro atoms. The molecule has 22 heavy (non-hydrogen) atoms. The van der Waals surface area contributed by atoms with E-state index in [0.717, 1.165) is 28.6 Å². The zero-order valence-electron chi connectivity index (χ0n) is 12.4. The second-order valence-corrected chi connectivity index (χ2v) is 5.84. The topological polar surface area (TPSA) is 56.3 Å². The molecule has 1 fully saturated rings. The van der Waals surface area contributed by atoms with E-state index in [1.165, 1.54) is 32.1 Å². The van der Waals surface area contributed by atoms with Gasteiger partial charge in [0.2, 0.25) is 12.7 Å². The maximum atomic E-state index is 5.41. The Morgan fingerprint density at radius 2 is 1.68 bits per heavy atom. The van der Waals surface area contributed by atoms with Crippen LogP contribution in [0.5, 0.6) is 11.5 Å². The van der Waals surface area contributed by atoms with Gasteiger partial charge in [-0.3, -0.25) is 0 Å². The molecule has 1 N–H and O–H groups in total. The first-order chi connectivity index (χ1) is 10.9. The zero-order chi connectivity index (χ0) is 14.8. The Balaban J connectivity index is 1.49. The summed E-state index contributed by atoms with van der Waals surface area (Å²) in [5.74, 6) is 2.29. The SMILES string of the molecule is c1cc2c(cc1-c1cnc(NC3CCCCC3)nc1)OCO2. The van der Waals surface area contributed by atoms with E-state index in [1.54, 1.807) is 0 Å². The lowest BCUT2D eigenvalue weighted by Gasteiger charge is -2.22. The van der Waals surface area contributed by atoms with Gasteiger partial charge in [-0.1, -0.05) is 25.3 Å². The standard InChI is InChI=1S/C17H19N3O2/c1-2-4-14(5-3-1)20-17-18-9-13(10-19-17)12-6-7-15-16(8-12)22-11-21-15/h6-10,14H,1-5,11H2,(H,18,19,20). The molecule has 114 valence electrons. The predicted octanol–water partition coefficient (Wildman–Crippen LogP) is 3.62. The van der Waals surface area contributed by atoms with Crippen molar-refractivity contribution in [1.82, 2.24) is 9.97 Å². The predicted molar refractivity (Wildman–Crippen MR) is 84.1 cm³/mol. The number of aromatic nitrogens is 2. The molecule has 4 rings (SSSR count). The van der Waals surface area contributed by atoms with E-state index in [-0.39, 0.29) is 0 Å². The van der Waals surface area contributed by atoms with Crippen LogP contribution in [0.25, 0.3) is 11.1 Å². The van der Waals surface area contributed by atoms with E-state index in [9.17, 15) is 0 Å². The van der Waals surface area contributed by atoms with Crippen LogP contribution in [0.15, 0.2) is 30.6 Å². The molecular formula is C17H19N3O2. The minimum atomic E-state index is 0.291. The van der Waals surface area contributed by atoms with Gasteiger partial charge in [0.15, 0.2) is 11.5 Å². The first-order valence-electron chi connectivity index (χ1n) is 7.87. The van der Waals surface area contributed by atoms with Crippen molar-refractivity contribution in [2.75, 3.05) is 12.1 Å². The third-order valence-corrected chi connectivity index (χ3v) is 4.30. The number of fused-ring (bicyclic) bond motifs is 1. The van der Waals surface area contributed by atoms with Gasteiger partial charge in [-0.2, -0.15) is 0 Å². The van der Waals surface area contributed by atoms with Crippen LogP contribution in [0.3, 0.4) is 0 Å². The second-order valence-electron chi connectivity index (χ2n) is 5.84. The number of anilines is 1. The van der Waals surface area contributed by atoms with Crippen LogP contribution < -0.4 is 14.8 Å². The van der Waals surface area contributed by atoms with Crippen molar-refractivity contribution in [2.24, 2.45) is 0 Å². The second kappa shape index (κ2) is 5.83. The first kappa shape index (κ1) is 13.4. The van der Waals surface area contributed by atoms with Gasteiger partial charge in [-0.15, -0.1) is 0 Å². The van der Waals surface area contributed by atoms with Crippen molar-refractivity contribution >= 4 is 5.95 Å². The smallest absolute Gasteiger partial charge is 0.231 e. The minimum absolute atomic E-state index is 0.291. The maximum Gasteiger partial charge on any atom is 0.231 e. The highest BCUT2D eigenvalue weighted by atomic mass is 16.7. The molecule has 0 radical (unpaired) electrons. The molecule has 1 saturated carbocycles. The fourth-order valence-electron chi connectivity index (χ4n) is 3.06. The third-order valence-electron chi connectivity index (χ3n) is 4.30. The van der Waals surface area contributed by atoms with Gasteiger partial charge in [0, 0.05) is 24.0 Å². The van der Waals surface area contributed by atoms with Gasteiger partial charge in [0.1, 0.15) is 0 Å². The van der Waals surface area contributed by atoms with Crippen molar-refractivity contribution in [3.05, 3.63) is 30.6 Å². The monoisotopic (exact) mass is 297 g/mol. The van der Waals surface area contributed by atoms with Crippen LogP contribution in [0.4, 0.5) is 5.95 Å². The molecule has 1 aliphatic heterocycles. The van der Waals surface area contributed by atoms with Crippen LogP contribution in [0.2, 0.25) is 0 Å². The number of nitrogens with one attached hydrogen (secondary N) is 1. The fourth-order valence-corrected chi connectivity index (χ4v) is 3.06. The molecule has 2 aromatic rings. The van der Waals surface area contributed by atoms with E-state index >= 15 is 0 Å². The number of nitrogens with zero attached hydrogens (tertiary/aromatic N) is 2. The average Bonchev–Trinajstić information content (AvgIpc) is 3.04. The van der Waals surface area contributed by atoms with Gasteiger partial charge in [0.05, 0.1) is 0 Å². The summed E-state index contributed by atoms with van der Waals surface area (Å²) in [6.45, 7) is 0.291. The molecule has 0 bridgehead atoms. The number of rotatable bonds is 3. The summed E-state index contributed by atoms with van der Waals surface area (Å²) >= 11 is 0. The molecule has 1 aliphatic carbocycles. The van der Waals surface area contributed by atoms with Crippen molar-refractivity contribution in [3.8, 4) is 22.6 Å². The number of hydrogen-bond acceptors (Lipinski definition) is 5. The van der Waals surface area contributed by atoms with E-state index in [0.29, 0.717) is 12.8 Å². The summed E-state index contributed by atoms with van der Waals surface area (Å²) in [5.41, 5.74) is 2.01. The van der Waals surface area contributed by atoms with E-state index in [1.807, 2.05) is 30.6 Å². The number of benzene rings is 1. The summed E-state index contributed by atoms with van der Waals surface area (Å²) in [6.07, 6.45) is 10.1. The molecule has 0 amide bonds. The van der Waals surface area contributed by atoms with Crippen LogP contribution >= 0.6 is 0 Å². The van der Waals surface area contributed by atoms with Crippen molar-refractivity contribution in [1.29, 1.82) is 0 Å². The number of ether oxygens (including phenoxy) is 2. The van der Waals surface area contributed by atoms with E-state index < -0.39 is 0 Å². The van der Waals surface area contributed by atoms with Gasteiger partial charge >= 0.3 is 0 Å². The lowest BCUT2D eigenvalue weighted by molar-refractivity contribution is 0.174. The molecule has 0 saturated heterocycles. The first-order valence-corrected chi connectivity index (χ1v) is 7.87. The molecule has 1 aromatic heterocycles.